The summed E-state index contributed by atoms with van der Waals surface area (Å²) < 4.78 is 6.10. The standard InChI is InChI=1S/C22H32N4O3/c1-18-4-16-29-22(17-18)5-8-26(9-6-22)21(28)19-3-2-7-23-20(19)25-12-10-24(11-13-25)14-15-27/h2-3,7,17,27H,4-6,8-16H2,1H3. The predicted molar refractivity (Wildman–Crippen MR) is 112 cm³/mol. The average Bonchev–Trinajstić information content (AvgIpc) is 2.75. The van der Waals surface area contributed by atoms with Crippen LogP contribution in [0, 0.1) is 0 Å². The Morgan fingerprint density at radius 2 is 1.97 bits per heavy atom. The largest absolute Gasteiger partial charge is 0.395 e. The maximum atomic E-state index is 13.3. The van der Waals surface area contributed by atoms with Gasteiger partial charge in [0.25, 0.3) is 5.91 Å². The fraction of sp³-hybridized carbons (Fsp3) is 0.636. The van der Waals surface area contributed by atoms with Crippen LogP contribution < -0.4 is 4.90 Å². The molecule has 0 atom stereocenters. The number of piperazine rings is 1. The monoisotopic (exact) mass is 400 g/mol. The molecule has 4 rings (SSSR count). The summed E-state index contributed by atoms with van der Waals surface area (Å²) >= 11 is 0. The molecule has 3 aliphatic heterocycles. The van der Waals surface area contributed by atoms with Crippen molar-refractivity contribution in [3.05, 3.63) is 35.5 Å². The molecule has 0 aliphatic carbocycles. The molecule has 0 saturated carbocycles. The Hall–Kier alpha value is -1.96. The summed E-state index contributed by atoms with van der Waals surface area (Å²) in [4.78, 5) is 24.3. The highest BCUT2D eigenvalue weighted by molar-refractivity contribution is 5.99. The van der Waals surface area contributed by atoms with E-state index < -0.39 is 0 Å². The zero-order valence-corrected chi connectivity index (χ0v) is 17.3. The number of likely N-dealkylation sites (tertiary alicyclic amines) is 1. The van der Waals surface area contributed by atoms with Crippen molar-refractivity contribution in [2.75, 3.05) is 63.9 Å². The summed E-state index contributed by atoms with van der Waals surface area (Å²) in [7, 11) is 0. The van der Waals surface area contributed by atoms with Crippen LogP contribution in [0.2, 0.25) is 0 Å². The number of ether oxygens (including phenoxy) is 1. The number of carbonyl (C=O) groups excluding carboxylic acids is 1. The van der Waals surface area contributed by atoms with E-state index in [0.29, 0.717) is 25.2 Å². The molecule has 1 N–H and O–H groups in total. The number of aliphatic hydroxyl groups excluding tert-OH is 1. The highest BCUT2D eigenvalue weighted by atomic mass is 16.5. The first-order chi connectivity index (χ1) is 14.1. The zero-order valence-electron chi connectivity index (χ0n) is 17.3. The minimum atomic E-state index is -0.181. The molecular formula is C22H32N4O3. The summed E-state index contributed by atoms with van der Waals surface area (Å²) in [6.45, 7) is 8.64. The maximum absolute atomic E-state index is 13.3. The number of β-amino-alcohol motifs (C(OH)–C–C–N with tert-alkyl or cyclic N) is 1. The topological polar surface area (TPSA) is 69.1 Å². The van der Waals surface area contributed by atoms with Crippen molar-refractivity contribution < 1.29 is 14.6 Å². The number of rotatable bonds is 4. The van der Waals surface area contributed by atoms with E-state index in [1.807, 2.05) is 17.0 Å². The third-order valence-corrected chi connectivity index (χ3v) is 6.40. The second-order valence-electron chi connectivity index (χ2n) is 8.37. The summed E-state index contributed by atoms with van der Waals surface area (Å²) in [5, 5.41) is 9.14. The lowest BCUT2D eigenvalue weighted by atomic mass is 9.87. The Balaban J connectivity index is 1.43. The van der Waals surface area contributed by atoms with Crippen molar-refractivity contribution in [1.82, 2.24) is 14.8 Å². The van der Waals surface area contributed by atoms with Crippen LogP contribution >= 0.6 is 0 Å². The Morgan fingerprint density at radius 1 is 1.21 bits per heavy atom. The number of amides is 1. The minimum Gasteiger partial charge on any atom is -0.395 e. The molecule has 1 aromatic heterocycles. The molecule has 7 heteroatoms. The fourth-order valence-corrected chi connectivity index (χ4v) is 4.67. The summed E-state index contributed by atoms with van der Waals surface area (Å²) in [5.74, 6) is 0.850. The van der Waals surface area contributed by atoms with E-state index in [9.17, 15) is 4.79 Å². The van der Waals surface area contributed by atoms with E-state index in [0.717, 1.165) is 57.9 Å². The van der Waals surface area contributed by atoms with E-state index >= 15 is 0 Å². The van der Waals surface area contributed by atoms with E-state index in [1.54, 1.807) is 6.20 Å². The van der Waals surface area contributed by atoms with Crippen LogP contribution in [0.4, 0.5) is 5.82 Å². The SMILES string of the molecule is CC1=CC2(CCN(C(=O)c3cccnc3N3CCN(CCO)CC3)CC2)OCC1. The number of anilines is 1. The van der Waals surface area contributed by atoms with Gasteiger partial charge in [-0.2, -0.15) is 0 Å². The number of piperidine rings is 1. The lowest BCUT2D eigenvalue weighted by molar-refractivity contribution is -0.0522. The van der Waals surface area contributed by atoms with Gasteiger partial charge in [-0.05, 0) is 38.3 Å². The highest BCUT2D eigenvalue weighted by Gasteiger charge is 2.37. The van der Waals surface area contributed by atoms with Gasteiger partial charge in [-0.25, -0.2) is 4.98 Å². The summed E-state index contributed by atoms with van der Waals surface area (Å²) in [6.07, 6.45) is 6.76. The number of hydrogen-bond acceptors (Lipinski definition) is 6. The summed E-state index contributed by atoms with van der Waals surface area (Å²) in [6, 6.07) is 3.75. The molecule has 1 aromatic rings. The predicted octanol–water partition coefficient (Wildman–Crippen LogP) is 1.54. The van der Waals surface area contributed by atoms with Crippen LogP contribution in [-0.2, 0) is 4.74 Å². The van der Waals surface area contributed by atoms with Gasteiger partial charge in [-0.15, -0.1) is 0 Å². The molecule has 7 nitrogen and oxygen atoms in total. The van der Waals surface area contributed by atoms with Gasteiger partial charge in [0.2, 0.25) is 0 Å². The van der Waals surface area contributed by atoms with Crippen molar-refractivity contribution >= 4 is 11.7 Å². The van der Waals surface area contributed by atoms with Gasteiger partial charge in [0, 0.05) is 52.0 Å². The average molecular weight is 401 g/mol. The van der Waals surface area contributed by atoms with Gasteiger partial charge in [-0.1, -0.05) is 11.6 Å². The van der Waals surface area contributed by atoms with Crippen LogP contribution in [-0.4, -0.2) is 90.4 Å². The van der Waals surface area contributed by atoms with Gasteiger partial charge in [0.15, 0.2) is 0 Å². The molecule has 2 saturated heterocycles. The van der Waals surface area contributed by atoms with Gasteiger partial charge in [0.05, 0.1) is 24.4 Å². The number of nitrogens with zero attached hydrogens (tertiary/aromatic N) is 4. The zero-order chi connectivity index (χ0) is 20.3. The van der Waals surface area contributed by atoms with Crippen LogP contribution in [0.3, 0.4) is 0 Å². The van der Waals surface area contributed by atoms with Crippen molar-refractivity contribution in [1.29, 1.82) is 0 Å². The Bertz CT molecular complexity index is 750. The second-order valence-corrected chi connectivity index (χ2v) is 8.37. The molecule has 0 aromatic carbocycles. The number of carbonyl (C=O) groups is 1. The number of pyridine rings is 1. The van der Waals surface area contributed by atoms with E-state index in [2.05, 4.69) is 27.8 Å². The molecule has 158 valence electrons. The van der Waals surface area contributed by atoms with E-state index in [1.165, 1.54) is 5.57 Å². The number of aliphatic hydroxyl groups is 1. The number of aromatic nitrogens is 1. The maximum Gasteiger partial charge on any atom is 0.257 e. The summed E-state index contributed by atoms with van der Waals surface area (Å²) in [5.41, 5.74) is 1.90. The fourth-order valence-electron chi connectivity index (χ4n) is 4.67. The molecule has 3 aliphatic rings. The highest BCUT2D eigenvalue weighted by Crippen LogP contribution is 2.34. The van der Waals surface area contributed by atoms with Crippen molar-refractivity contribution in [3.63, 3.8) is 0 Å². The lowest BCUT2D eigenvalue weighted by Crippen LogP contribution is -2.49. The molecule has 0 bridgehead atoms. The molecule has 1 amide bonds. The van der Waals surface area contributed by atoms with Crippen molar-refractivity contribution in [2.45, 2.75) is 31.8 Å². The lowest BCUT2D eigenvalue weighted by Gasteiger charge is -2.42. The Labute approximate surface area is 172 Å². The van der Waals surface area contributed by atoms with Crippen LogP contribution in [0.15, 0.2) is 30.0 Å². The minimum absolute atomic E-state index is 0.0669. The van der Waals surface area contributed by atoms with Crippen LogP contribution in [0.5, 0.6) is 0 Å². The first-order valence-electron chi connectivity index (χ1n) is 10.7. The van der Waals surface area contributed by atoms with Gasteiger partial charge < -0.3 is 19.6 Å². The molecular weight excluding hydrogens is 368 g/mol. The normalized spacial score (nSPS) is 22.6. The molecule has 0 unspecified atom stereocenters. The van der Waals surface area contributed by atoms with Crippen molar-refractivity contribution in [3.8, 4) is 0 Å². The Kier molecular flexibility index (Phi) is 6.18. The molecule has 2 fully saturated rings. The van der Waals surface area contributed by atoms with Gasteiger partial charge in [-0.3, -0.25) is 9.69 Å². The first-order valence-corrected chi connectivity index (χ1v) is 10.7. The molecule has 1 spiro atoms. The van der Waals surface area contributed by atoms with Crippen LogP contribution in [0.1, 0.15) is 36.5 Å². The Morgan fingerprint density at radius 3 is 2.66 bits per heavy atom. The molecule has 4 heterocycles. The number of hydrogen-bond donors (Lipinski definition) is 1. The van der Waals surface area contributed by atoms with E-state index in [4.69, 9.17) is 9.84 Å². The smallest absolute Gasteiger partial charge is 0.257 e. The van der Waals surface area contributed by atoms with E-state index in [-0.39, 0.29) is 18.1 Å². The second kappa shape index (κ2) is 8.81. The third-order valence-electron chi connectivity index (χ3n) is 6.40. The van der Waals surface area contributed by atoms with Crippen LogP contribution in [0.25, 0.3) is 0 Å². The van der Waals surface area contributed by atoms with Gasteiger partial charge in [0.1, 0.15) is 5.82 Å². The molecule has 0 radical (unpaired) electrons. The van der Waals surface area contributed by atoms with Crippen molar-refractivity contribution in [2.24, 2.45) is 0 Å². The molecule has 29 heavy (non-hydrogen) atoms. The van der Waals surface area contributed by atoms with Gasteiger partial charge >= 0.3 is 0 Å². The first kappa shape index (κ1) is 20.3. The quantitative estimate of drug-likeness (QED) is 0.774. The third kappa shape index (κ3) is 4.47.